The molecule has 0 radical (unpaired) electrons. The standard InChI is InChI=1S/C25H26Cl2N2O6/c1-4-9-29-20(31)15-8-7-13-16(18(15)21(29)32)11-24(26)22(33)28(2)23(34)25(24,27)19(13)14-6-5-12(30)10-17(14)35-3/h5-7,10,15-16,18-19,30H,4,8-9,11H2,1-3H3. The SMILES string of the molecule is CCCN1C(=O)C2CC=C3C(CC4(Cl)C(=O)N(C)C(=O)C4(Cl)C3c3ccc(O)cc3OC)C2C1=O. The number of phenolic OH excluding ortho intramolecular Hbond substituents is 1. The van der Waals surface area contributed by atoms with Crippen molar-refractivity contribution in [3.63, 3.8) is 0 Å². The van der Waals surface area contributed by atoms with E-state index in [0.717, 1.165) is 4.90 Å². The van der Waals surface area contributed by atoms with Gasteiger partial charge in [0.1, 0.15) is 11.5 Å². The number of benzene rings is 1. The predicted molar refractivity (Wildman–Crippen MR) is 127 cm³/mol. The Morgan fingerprint density at radius 3 is 2.49 bits per heavy atom. The number of halogens is 2. The number of hydrogen-bond acceptors (Lipinski definition) is 6. The van der Waals surface area contributed by atoms with Crippen LogP contribution in [0.15, 0.2) is 29.8 Å². The Bertz CT molecular complexity index is 1200. The molecular formula is C25H26Cl2N2O6. The molecule has 2 aliphatic carbocycles. The number of fused-ring (bicyclic) bond motifs is 4. The average molecular weight is 521 g/mol. The number of carbonyl (C=O) groups excluding carboxylic acids is 4. The molecule has 4 aliphatic rings. The molecule has 35 heavy (non-hydrogen) atoms. The lowest BCUT2D eigenvalue weighted by molar-refractivity contribution is -0.141. The number of phenols is 1. The molecule has 1 aromatic carbocycles. The van der Waals surface area contributed by atoms with Crippen LogP contribution in [0.3, 0.4) is 0 Å². The number of imide groups is 2. The third kappa shape index (κ3) is 2.93. The Labute approximate surface area is 212 Å². The van der Waals surface area contributed by atoms with E-state index >= 15 is 0 Å². The molecule has 1 N–H and O–H groups in total. The lowest BCUT2D eigenvalue weighted by Crippen LogP contribution is -2.60. The summed E-state index contributed by atoms with van der Waals surface area (Å²) in [4.78, 5) is 52.0. The Morgan fingerprint density at radius 1 is 1.11 bits per heavy atom. The van der Waals surface area contributed by atoms with Crippen molar-refractivity contribution in [2.45, 2.75) is 41.9 Å². The van der Waals surface area contributed by atoms with Gasteiger partial charge in [-0.25, -0.2) is 0 Å². The van der Waals surface area contributed by atoms with E-state index in [4.69, 9.17) is 27.9 Å². The first-order chi connectivity index (χ1) is 16.5. The van der Waals surface area contributed by atoms with Crippen LogP contribution in [0.2, 0.25) is 0 Å². The van der Waals surface area contributed by atoms with Crippen LogP contribution in [0.25, 0.3) is 0 Å². The van der Waals surface area contributed by atoms with Crippen LogP contribution in [-0.4, -0.2) is 69.0 Å². The van der Waals surface area contributed by atoms with Crippen molar-refractivity contribution < 1.29 is 29.0 Å². The number of amides is 4. The Hall–Kier alpha value is -2.58. The minimum Gasteiger partial charge on any atom is -0.508 e. The molecule has 1 saturated carbocycles. The molecule has 5 rings (SSSR count). The number of allylic oxidation sites excluding steroid dienone is 2. The van der Waals surface area contributed by atoms with E-state index in [0.29, 0.717) is 30.5 Å². The van der Waals surface area contributed by atoms with Gasteiger partial charge in [0.25, 0.3) is 11.8 Å². The van der Waals surface area contributed by atoms with E-state index in [1.807, 2.05) is 13.0 Å². The molecule has 0 aromatic heterocycles. The second kappa shape index (κ2) is 7.96. The maximum Gasteiger partial charge on any atom is 0.253 e. The summed E-state index contributed by atoms with van der Waals surface area (Å²) in [6.45, 7) is 2.22. The molecule has 10 heteroatoms. The van der Waals surface area contributed by atoms with E-state index in [9.17, 15) is 24.3 Å². The highest BCUT2D eigenvalue weighted by Gasteiger charge is 2.76. The zero-order valence-corrected chi connectivity index (χ0v) is 21.1. The third-order valence-corrected chi connectivity index (χ3v) is 9.49. The first-order valence-electron chi connectivity index (χ1n) is 11.6. The van der Waals surface area contributed by atoms with Crippen molar-refractivity contribution in [3.05, 3.63) is 35.4 Å². The summed E-state index contributed by atoms with van der Waals surface area (Å²) in [5.74, 6) is -4.25. The highest BCUT2D eigenvalue weighted by molar-refractivity contribution is 6.53. The Balaban J connectivity index is 1.74. The minimum absolute atomic E-state index is 0.0458. The molecular weight excluding hydrogens is 495 g/mol. The highest BCUT2D eigenvalue weighted by Crippen LogP contribution is 2.66. The number of alkyl halides is 2. The van der Waals surface area contributed by atoms with Crippen molar-refractivity contribution in [3.8, 4) is 11.5 Å². The summed E-state index contributed by atoms with van der Waals surface area (Å²) in [6.07, 6.45) is 2.78. The first-order valence-corrected chi connectivity index (χ1v) is 12.4. The van der Waals surface area contributed by atoms with Gasteiger partial charge in [-0.05, 0) is 31.2 Å². The molecule has 0 spiro atoms. The summed E-state index contributed by atoms with van der Waals surface area (Å²) >= 11 is 14.2. The number of nitrogens with zero attached hydrogens (tertiary/aromatic N) is 2. The van der Waals surface area contributed by atoms with Gasteiger partial charge in [0.05, 0.1) is 18.9 Å². The number of aromatic hydroxyl groups is 1. The van der Waals surface area contributed by atoms with Gasteiger partial charge in [0, 0.05) is 31.1 Å². The van der Waals surface area contributed by atoms with Crippen LogP contribution in [-0.2, 0) is 19.2 Å². The molecule has 1 aromatic rings. The summed E-state index contributed by atoms with van der Waals surface area (Å²) in [7, 11) is 2.77. The molecule has 0 bridgehead atoms. The van der Waals surface area contributed by atoms with Gasteiger partial charge in [-0.1, -0.05) is 24.6 Å². The fourth-order valence-electron chi connectivity index (χ4n) is 6.54. The van der Waals surface area contributed by atoms with E-state index < -0.39 is 45.2 Å². The highest BCUT2D eigenvalue weighted by atomic mass is 35.5. The number of carbonyl (C=O) groups is 4. The molecule has 186 valence electrons. The normalized spacial score (nSPS) is 36.2. The van der Waals surface area contributed by atoms with Gasteiger partial charge in [0.15, 0.2) is 9.75 Å². The van der Waals surface area contributed by atoms with Gasteiger partial charge >= 0.3 is 0 Å². The monoisotopic (exact) mass is 520 g/mol. The maximum atomic E-state index is 13.5. The topological polar surface area (TPSA) is 104 Å². The predicted octanol–water partition coefficient (Wildman–Crippen LogP) is 2.80. The van der Waals surface area contributed by atoms with Crippen LogP contribution in [0.1, 0.15) is 37.7 Å². The van der Waals surface area contributed by atoms with Gasteiger partial charge in [-0.2, -0.15) is 0 Å². The van der Waals surface area contributed by atoms with Gasteiger partial charge in [0.2, 0.25) is 11.8 Å². The molecule has 6 atom stereocenters. The van der Waals surface area contributed by atoms with Crippen molar-refractivity contribution in [1.29, 1.82) is 0 Å². The summed E-state index contributed by atoms with van der Waals surface area (Å²) in [5.41, 5.74) is 1.16. The second-order valence-corrected chi connectivity index (χ2v) is 11.0. The number of methoxy groups -OCH3 is 1. The average Bonchev–Trinajstić information content (AvgIpc) is 3.15. The lowest BCUT2D eigenvalue weighted by Gasteiger charge is -2.51. The molecule has 2 heterocycles. The van der Waals surface area contributed by atoms with E-state index in [1.54, 1.807) is 6.07 Å². The lowest BCUT2D eigenvalue weighted by atomic mass is 9.56. The largest absolute Gasteiger partial charge is 0.508 e. The summed E-state index contributed by atoms with van der Waals surface area (Å²) in [5, 5.41) is 10.0. The van der Waals surface area contributed by atoms with Crippen LogP contribution >= 0.6 is 23.2 Å². The fraction of sp³-hybridized carbons (Fsp3) is 0.520. The first kappa shape index (κ1) is 24.1. The Kier molecular flexibility index (Phi) is 5.49. The van der Waals surface area contributed by atoms with E-state index in [2.05, 4.69) is 0 Å². The van der Waals surface area contributed by atoms with Gasteiger partial charge in [-0.3, -0.25) is 29.0 Å². The third-order valence-electron chi connectivity index (χ3n) is 8.08. The van der Waals surface area contributed by atoms with Crippen LogP contribution in [0, 0.1) is 17.8 Å². The second-order valence-electron chi connectivity index (χ2n) is 9.75. The van der Waals surface area contributed by atoms with Gasteiger partial charge in [-0.15, -0.1) is 23.2 Å². The van der Waals surface area contributed by atoms with Crippen molar-refractivity contribution >= 4 is 46.8 Å². The fourth-order valence-corrected chi connectivity index (χ4v) is 7.55. The summed E-state index contributed by atoms with van der Waals surface area (Å²) < 4.78 is 5.52. The van der Waals surface area contributed by atoms with Crippen LogP contribution in [0.5, 0.6) is 11.5 Å². The van der Waals surface area contributed by atoms with Gasteiger partial charge < -0.3 is 9.84 Å². The zero-order valence-electron chi connectivity index (χ0n) is 19.6. The van der Waals surface area contributed by atoms with Crippen LogP contribution < -0.4 is 4.74 Å². The smallest absolute Gasteiger partial charge is 0.253 e. The molecule has 2 aliphatic heterocycles. The molecule has 4 amide bonds. The van der Waals surface area contributed by atoms with Crippen LogP contribution in [0.4, 0.5) is 0 Å². The molecule has 8 nitrogen and oxygen atoms in total. The van der Waals surface area contributed by atoms with Crippen molar-refractivity contribution in [2.24, 2.45) is 17.8 Å². The van der Waals surface area contributed by atoms with Crippen molar-refractivity contribution in [1.82, 2.24) is 9.80 Å². The summed E-state index contributed by atoms with van der Waals surface area (Å²) in [6, 6.07) is 4.44. The molecule has 3 fully saturated rings. The minimum atomic E-state index is -1.88. The molecule has 2 saturated heterocycles. The van der Waals surface area contributed by atoms with E-state index in [1.165, 1.54) is 31.2 Å². The maximum absolute atomic E-state index is 13.5. The number of ether oxygens (including phenoxy) is 1. The number of rotatable bonds is 4. The zero-order chi connectivity index (χ0) is 25.4. The van der Waals surface area contributed by atoms with E-state index in [-0.39, 0.29) is 29.7 Å². The Morgan fingerprint density at radius 2 is 1.83 bits per heavy atom. The quantitative estimate of drug-likeness (QED) is 0.371. The number of hydrogen-bond donors (Lipinski definition) is 1. The molecule has 6 unspecified atom stereocenters. The van der Waals surface area contributed by atoms with Crippen molar-refractivity contribution in [2.75, 3.05) is 20.7 Å². The number of likely N-dealkylation sites (tertiary alicyclic amines) is 2.